The predicted octanol–water partition coefficient (Wildman–Crippen LogP) is 3.18. The van der Waals surface area contributed by atoms with Crippen molar-refractivity contribution in [2.45, 2.75) is 25.6 Å². The molecule has 24 heavy (non-hydrogen) atoms. The third-order valence-corrected chi connectivity index (χ3v) is 3.96. The molecule has 0 spiro atoms. The van der Waals surface area contributed by atoms with Crippen LogP contribution in [0.4, 0.5) is 4.79 Å². The molecule has 2 aromatic rings. The van der Waals surface area contributed by atoms with Crippen LogP contribution in [0.25, 0.3) is 0 Å². The molecule has 1 aromatic heterocycles. The molecule has 6 heteroatoms. The lowest BCUT2D eigenvalue weighted by Gasteiger charge is -2.29. The first kappa shape index (κ1) is 16.1. The number of aromatic nitrogens is 1. The van der Waals surface area contributed by atoms with E-state index < -0.39 is 6.09 Å². The van der Waals surface area contributed by atoms with Gasteiger partial charge in [-0.25, -0.2) is 9.78 Å². The van der Waals surface area contributed by atoms with Crippen LogP contribution >= 0.6 is 0 Å². The summed E-state index contributed by atoms with van der Waals surface area (Å²) in [5.41, 5.74) is 1.10. The highest BCUT2D eigenvalue weighted by Crippen LogP contribution is 2.20. The van der Waals surface area contributed by atoms with Crippen molar-refractivity contribution in [2.24, 2.45) is 0 Å². The van der Waals surface area contributed by atoms with Crippen molar-refractivity contribution >= 4 is 6.09 Å². The molecule has 1 aliphatic heterocycles. The van der Waals surface area contributed by atoms with E-state index in [1.807, 2.05) is 36.4 Å². The van der Waals surface area contributed by atoms with Crippen molar-refractivity contribution in [3.05, 3.63) is 54.2 Å². The fourth-order valence-electron chi connectivity index (χ4n) is 2.60. The molecule has 126 valence electrons. The zero-order valence-corrected chi connectivity index (χ0v) is 13.3. The van der Waals surface area contributed by atoms with Gasteiger partial charge in [-0.05, 0) is 11.6 Å². The summed E-state index contributed by atoms with van der Waals surface area (Å²) in [5.74, 6) is 1.22. The molecule has 1 aliphatic rings. The van der Waals surface area contributed by atoms with Crippen molar-refractivity contribution in [1.82, 2.24) is 9.88 Å². The van der Waals surface area contributed by atoms with E-state index in [2.05, 4.69) is 4.98 Å². The standard InChI is InChI=1S/C18H20N2O4/c21-18(22)20-10-8-15(9-11-20)24-17-7-6-16(12-19-17)23-13-14-4-2-1-3-5-14/h1-7,12,15H,8-11,13H2,(H,21,22). The van der Waals surface area contributed by atoms with Gasteiger partial charge in [-0.1, -0.05) is 30.3 Å². The van der Waals surface area contributed by atoms with Gasteiger partial charge in [0.25, 0.3) is 0 Å². The van der Waals surface area contributed by atoms with E-state index in [0.717, 1.165) is 5.56 Å². The van der Waals surface area contributed by atoms with E-state index in [1.54, 1.807) is 12.3 Å². The van der Waals surface area contributed by atoms with E-state index in [1.165, 1.54) is 4.90 Å². The molecule has 0 unspecified atom stereocenters. The van der Waals surface area contributed by atoms with Gasteiger partial charge in [0.1, 0.15) is 18.5 Å². The zero-order valence-electron chi connectivity index (χ0n) is 13.3. The van der Waals surface area contributed by atoms with Gasteiger partial charge in [0.2, 0.25) is 5.88 Å². The summed E-state index contributed by atoms with van der Waals surface area (Å²) < 4.78 is 11.5. The molecule has 0 atom stereocenters. The fourth-order valence-corrected chi connectivity index (χ4v) is 2.60. The Kier molecular flexibility index (Phi) is 5.15. The van der Waals surface area contributed by atoms with Crippen molar-refractivity contribution in [3.63, 3.8) is 0 Å². The van der Waals surface area contributed by atoms with Crippen molar-refractivity contribution in [3.8, 4) is 11.6 Å². The Balaban J connectivity index is 1.47. The number of likely N-dealkylation sites (tertiary alicyclic amines) is 1. The summed E-state index contributed by atoms with van der Waals surface area (Å²) in [6.45, 7) is 1.49. The Hall–Kier alpha value is -2.76. The van der Waals surface area contributed by atoms with Gasteiger partial charge in [-0.3, -0.25) is 0 Å². The van der Waals surface area contributed by atoms with Crippen LogP contribution < -0.4 is 9.47 Å². The molecule has 6 nitrogen and oxygen atoms in total. The maximum Gasteiger partial charge on any atom is 0.407 e. The molecular weight excluding hydrogens is 308 g/mol. The normalized spacial score (nSPS) is 15.1. The van der Waals surface area contributed by atoms with Gasteiger partial charge in [-0.2, -0.15) is 0 Å². The smallest absolute Gasteiger partial charge is 0.407 e. The van der Waals surface area contributed by atoms with Gasteiger partial charge in [-0.15, -0.1) is 0 Å². The molecule has 0 saturated carbocycles. The second-order valence-corrected chi connectivity index (χ2v) is 5.69. The van der Waals surface area contributed by atoms with Gasteiger partial charge < -0.3 is 19.5 Å². The Morgan fingerprint density at radius 3 is 2.54 bits per heavy atom. The van der Waals surface area contributed by atoms with E-state index >= 15 is 0 Å². The van der Waals surface area contributed by atoms with E-state index in [-0.39, 0.29) is 6.10 Å². The Labute approximate surface area is 140 Å². The largest absolute Gasteiger partial charge is 0.487 e. The number of pyridine rings is 1. The fraction of sp³-hybridized carbons (Fsp3) is 0.333. The van der Waals surface area contributed by atoms with E-state index in [9.17, 15) is 4.79 Å². The van der Waals surface area contributed by atoms with Gasteiger partial charge in [0.05, 0.1) is 6.20 Å². The molecular formula is C18H20N2O4. The highest BCUT2D eigenvalue weighted by atomic mass is 16.5. The molecule has 1 amide bonds. The number of piperidine rings is 1. The van der Waals surface area contributed by atoms with Crippen LogP contribution in [0, 0.1) is 0 Å². The topological polar surface area (TPSA) is 71.9 Å². The number of ether oxygens (including phenoxy) is 2. The number of hydrogen-bond donors (Lipinski definition) is 1. The van der Waals surface area contributed by atoms with Crippen molar-refractivity contribution in [1.29, 1.82) is 0 Å². The van der Waals surface area contributed by atoms with Gasteiger partial charge in [0, 0.05) is 32.0 Å². The number of carbonyl (C=O) groups is 1. The summed E-state index contributed by atoms with van der Waals surface area (Å²) in [7, 11) is 0. The number of benzene rings is 1. The molecule has 3 rings (SSSR count). The SMILES string of the molecule is O=C(O)N1CCC(Oc2ccc(OCc3ccccc3)cn2)CC1. The first-order chi connectivity index (χ1) is 11.7. The second kappa shape index (κ2) is 7.68. The second-order valence-electron chi connectivity index (χ2n) is 5.69. The molecule has 0 aliphatic carbocycles. The highest BCUT2D eigenvalue weighted by Gasteiger charge is 2.23. The number of hydrogen-bond acceptors (Lipinski definition) is 4. The molecule has 2 heterocycles. The van der Waals surface area contributed by atoms with Crippen LogP contribution in [-0.2, 0) is 6.61 Å². The number of carboxylic acid groups (broad SMARTS) is 1. The van der Waals surface area contributed by atoms with Crippen LogP contribution in [-0.4, -0.2) is 40.3 Å². The number of rotatable bonds is 5. The van der Waals surface area contributed by atoms with Crippen LogP contribution in [0.5, 0.6) is 11.6 Å². The molecule has 1 saturated heterocycles. The van der Waals surface area contributed by atoms with Crippen LogP contribution in [0.15, 0.2) is 48.7 Å². The number of amides is 1. The quantitative estimate of drug-likeness (QED) is 0.912. The lowest BCUT2D eigenvalue weighted by atomic mass is 10.1. The third kappa shape index (κ3) is 4.38. The minimum Gasteiger partial charge on any atom is -0.487 e. The van der Waals surface area contributed by atoms with Gasteiger partial charge >= 0.3 is 6.09 Å². The zero-order chi connectivity index (χ0) is 16.8. The Morgan fingerprint density at radius 2 is 1.92 bits per heavy atom. The summed E-state index contributed by atoms with van der Waals surface area (Å²) >= 11 is 0. The number of nitrogens with zero attached hydrogens (tertiary/aromatic N) is 2. The monoisotopic (exact) mass is 328 g/mol. The van der Waals surface area contributed by atoms with Crippen LogP contribution in [0.2, 0.25) is 0 Å². The predicted molar refractivity (Wildman–Crippen MR) is 88.3 cm³/mol. The van der Waals surface area contributed by atoms with Crippen LogP contribution in [0.3, 0.4) is 0 Å². The molecule has 1 aromatic carbocycles. The van der Waals surface area contributed by atoms with Crippen LogP contribution in [0.1, 0.15) is 18.4 Å². The Bertz CT molecular complexity index is 652. The summed E-state index contributed by atoms with van der Waals surface area (Å²) in [6, 6.07) is 13.6. The maximum absolute atomic E-state index is 10.9. The van der Waals surface area contributed by atoms with E-state index in [0.29, 0.717) is 44.2 Å². The summed E-state index contributed by atoms with van der Waals surface area (Å²) in [5, 5.41) is 8.94. The molecule has 0 radical (unpaired) electrons. The lowest BCUT2D eigenvalue weighted by molar-refractivity contribution is 0.0870. The average Bonchev–Trinajstić information content (AvgIpc) is 2.62. The lowest BCUT2D eigenvalue weighted by Crippen LogP contribution is -2.41. The first-order valence-corrected chi connectivity index (χ1v) is 7.98. The van der Waals surface area contributed by atoms with Gasteiger partial charge in [0.15, 0.2) is 0 Å². The molecule has 1 fully saturated rings. The molecule has 1 N–H and O–H groups in total. The minimum atomic E-state index is -0.869. The highest BCUT2D eigenvalue weighted by molar-refractivity contribution is 5.65. The first-order valence-electron chi connectivity index (χ1n) is 7.98. The van der Waals surface area contributed by atoms with E-state index in [4.69, 9.17) is 14.6 Å². The summed E-state index contributed by atoms with van der Waals surface area (Å²) in [6.07, 6.45) is 2.14. The van der Waals surface area contributed by atoms with Crippen molar-refractivity contribution < 1.29 is 19.4 Å². The third-order valence-electron chi connectivity index (χ3n) is 3.96. The minimum absolute atomic E-state index is 0.00388. The molecule has 0 bridgehead atoms. The summed E-state index contributed by atoms with van der Waals surface area (Å²) in [4.78, 5) is 16.6. The average molecular weight is 328 g/mol. The Morgan fingerprint density at radius 1 is 1.17 bits per heavy atom. The maximum atomic E-state index is 10.9. The van der Waals surface area contributed by atoms with Crippen molar-refractivity contribution in [2.75, 3.05) is 13.1 Å².